The first-order chi connectivity index (χ1) is 18.0. The maximum absolute atomic E-state index is 13.3. The topological polar surface area (TPSA) is 130 Å². The summed E-state index contributed by atoms with van der Waals surface area (Å²) in [6, 6.07) is 4.77. The number of nitrogens with one attached hydrogen (secondary N) is 2. The smallest absolute Gasteiger partial charge is 0.326 e. The molecule has 0 spiro atoms. The zero-order valence-corrected chi connectivity index (χ0v) is 21.4. The first-order valence-corrected chi connectivity index (χ1v) is 12.8. The van der Waals surface area contributed by atoms with Crippen LogP contribution in [-0.2, 0) is 33.6 Å². The van der Waals surface area contributed by atoms with Gasteiger partial charge in [0.2, 0.25) is 5.91 Å². The van der Waals surface area contributed by atoms with E-state index in [0.717, 1.165) is 50.2 Å². The molecule has 1 amide bonds. The van der Waals surface area contributed by atoms with Crippen LogP contribution in [0.2, 0.25) is 0 Å². The SMILES string of the molecule is COC(CF)CN(CCCCc1ccc2c(n1)NCCC2)CCC(NC(=O)Cc1ccncn1)C(=O)O. The van der Waals surface area contributed by atoms with Gasteiger partial charge in [-0.25, -0.2) is 24.1 Å². The van der Waals surface area contributed by atoms with Crippen molar-refractivity contribution in [2.24, 2.45) is 0 Å². The van der Waals surface area contributed by atoms with E-state index in [9.17, 15) is 19.1 Å². The van der Waals surface area contributed by atoms with Crippen molar-refractivity contribution in [3.05, 3.63) is 47.7 Å². The molecule has 2 atom stereocenters. The number of amides is 1. The molecule has 3 heterocycles. The van der Waals surface area contributed by atoms with Crippen molar-refractivity contribution in [2.75, 3.05) is 45.3 Å². The lowest BCUT2D eigenvalue weighted by Gasteiger charge is -2.27. The maximum Gasteiger partial charge on any atom is 0.326 e. The number of aromatic nitrogens is 3. The minimum atomic E-state index is -1.11. The van der Waals surface area contributed by atoms with Gasteiger partial charge in [0, 0.05) is 38.6 Å². The van der Waals surface area contributed by atoms with E-state index in [1.54, 1.807) is 6.07 Å². The molecule has 2 unspecified atom stereocenters. The third kappa shape index (κ3) is 9.66. The second-order valence-electron chi connectivity index (χ2n) is 9.23. The van der Waals surface area contributed by atoms with E-state index in [1.165, 1.54) is 25.2 Å². The predicted octanol–water partition coefficient (Wildman–Crippen LogP) is 2.04. The van der Waals surface area contributed by atoms with Crippen molar-refractivity contribution in [3.63, 3.8) is 0 Å². The number of hydrogen-bond donors (Lipinski definition) is 3. The number of carboxylic acids is 1. The van der Waals surface area contributed by atoms with Gasteiger partial charge in [-0.05, 0) is 62.8 Å². The monoisotopic (exact) mass is 516 g/mol. The lowest BCUT2D eigenvalue weighted by molar-refractivity contribution is -0.142. The van der Waals surface area contributed by atoms with Gasteiger partial charge in [0.1, 0.15) is 24.9 Å². The molecule has 0 bridgehead atoms. The van der Waals surface area contributed by atoms with Crippen LogP contribution >= 0.6 is 0 Å². The number of anilines is 1. The molecule has 202 valence electrons. The fourth-order valence-corrected chi connectivity index (χ4v) is 4.32. The van der Waals surface area contributed by atoms with Crippen molar-refractivity contribution in [2.45, 2.75) is 57.1 Å². The number of fused-ring (bicyclic) bond motifs is 1. The highest BCUT2D eigenvalue weighted by Crippen LogP contribution is 2.20. The van der Waals surface area contributed by atoms with Gasteiger partial charge in [-0.2, -0.15) is 0 Å². The number of methoxy groups -OCH3 is 1. The zero-order valence-electron chi connectivity index (χ0n) is 21.4. The lowest BCUT2D eigenvalue weighted by atomic mass is 10.1. The Hall–Kier alpha value is -3.18. The summed E-state index contributed by atoms with van der Waals surface area (Å²) < 4.78 is 18.6. The molecule has 1 aliphatic rings. The van der Waals surface area contributed by atoms with Gasteiger partial charge in [-0.3, -0.25) is 4.79 Å². The van der Waals surface area contributed by atoms with Crippen LogP contribution in [0, 0.1) is 0 Å². The molecule has 10 nitrogen and oxygen atoms in total. The number of pyridine rings is 1. The Bertz CT molecular complexity index is 992. The number of unbranched alkanes of at least 4 members (excludes halogenated alkanes) is 1. The van der Waals surface area contributed by atoms with Crippen molar-refractivity contribution in [1.29, 1.82) is 0 Å². The Kier molecular flexibility index (Phi) is 11.6. The van der Waals surface area contributed by atoms with E-state index in [1.807, 2.05) is 4.90 Å². The van der Waals surface area contributed by atoms with Gasteiger partial charge in [0.05, 0.1) is 18.2 Å². The van der Waals surface area contributed by atoms with E-state index in [0.29, 0.717) is 25.3 Å². The number of carbonyl (C=O) groups is 2. The molecule has 3 N–H and O–H groups in total. The first-order valence-electron chi connectivity index (χ1n) is 12.8. The van der Waals surface area contributed by atoms with Crippen molar-refractivity contribution >= 4 is 17.7 Å². The summed E-state index contributed by atoms with van der Waals surface area (Å²) in [5, 5.41) is 15.6. The predicted molar refractivity (Wildman–Crippen MR) is 137 cm³/mol. The third-order valence-corrected chi connectivity index (χ3v) is 6.43. The molecular weight excluding hydrogens is 479 g/mol. The summed E-state index contributed by atoms with van der Waals surface area (Å²) in [6.07, 6.45) is 7.17. The molecule has 2 aromatic rings. The van der Waals surface area contributed by atoms with E-state index in [2.05, 4.69) is 32.7 Å². The van der Waals surface area contributed by atoms with E-state index < -0.39 is 30.7 Å². The van der Waals surface area contributed by atoms with Crippen molar-refractivity contribution in [1.82, 2.24) is 25.2 Å². The number of alkyl halides is 1. The number of aliphatic carboxylic acids is 1. The normalized spacial score (nSPS) is 14.5. The number of carbonyl (C=O) groups excluding carboxylic acids is 1. The van der Waals surface area contributed by atoms with Crippen LogP contribution in [0.15, 0.2) is 30.7 Å². The van der Waals surface area contributed by atoms with Crippen LogP contribution in [0.3, 0.4) is 0 Å². The Balaban J connectivity index is 1.50. The molecule has 0 saturated carbocycles. The molecule has 37 heavy (non-hydrogen) atoms. The molecule has 0 saturated heterocycles. The number of ether oxygens (including phenoxy) is 1. The second kappa shape index (κ2) is 15.2. The quantitative estimate of drug-likeness (QED) is 0.287. The van der Waals surface area contributed by atoms with E-state index >= 15 is 0 Å². The first kappa shape index (κ1) is 28.4. The molecule has 1 aliphatic heterocycles. The Morgan fingerprint density at radius 3 is 2.84 bits per heavy atom. The highest BCUT2D eigenvalue weighted by Gasteiger charge is 2.22. The number of halogens is 1. The van der Waals surface area contributed by atoms with Crippen LogP contribution in [0.25, 0.3) is 0 Å². The Labute approximate surface area is 217 Å². The summed E-state index contributed by atoms with van der Waals surface area (Å²) in [5.74, 6) is -0.558. The number of carboxylic acid groups (broad SMARTS) is 1. The number of aryl methyl sites for hydroxylation is 2. The number of nitrogens with zero attached hydrogens (tertiary/aromatic N) is 4. The molecule has 0 fully saturated rings. The number of hydrogen-bond acceptors (Lipinski definition) is 8. The fourth-order valence-electron chi connectivity index (χ4n) is 4.32. The number of rotatable bonds is 16. The summed E-state index contributed by atoms with van der Waals surface area (Å²) in [6.45, 7) is 1.70. The second-order valence-corrected chi connectivity index (χ2v) is 9.23. The van der Waals surface area contributed by atoms with E-state index in [4.69, 9.17) is 9.72 Å². The van der Waals surface area contributed by atoms with Crippen LogP contribution in [-0.4, -0.2) is 88.9 Å². The summed E-state index contributed by atoms with van der Waals surface area (Å²) in [7, 11) is 1.46. The average Bonchev–Trinajstić information content (AvgIpc) is 2.91. The minimum Gasteiger partial charge on any atom is -0.480 e. The molecule has 11 heteroatoms. The van der Waals surface area contributed by atoms with E-state index in [-0.39, 0.29) is 12.8 Å². The van der Waals surface area contributed by atoms with Gasteiger partial charge in [-0.1, -0.05) is 6.07 Å². The van der Waals surface area contributed by atoms with Gasteiger partial charge in [0.25, 0.3) is 0 Å². The molecule has 0 aliphatic carbocycles. The van der Waals surface area contributed by atoms with Crippen LogP contribution in [0.1, 0.15) is 42.6 Å². The summed E-state index contributed by atoms with van der Waals surface area (Å²) in [4.78, 5) is 38.7. The maximum atomic E-state index is 13.3. The van der Waals surface area contributed by atoms with Gasteiger partial charge < -0.3 is 25.4 Å². The summed E-state index contributed by atoms with van der Waals surface area (Å²) >= 11 is 0. The van der Waals surface area contributed by atoms with Gasteiger partial charge in [-0.15, -0.1) is 0 Å². The minimum absolute atomic E-state index is 0.0319. The van der Waals surface area contributed by atoms with Gasteiger partial charge in [0.15, 0.2) is 0 Å². The average molecular weight is 517 g/mol. The Morgan fingerprint density at radius 2 is 2.11 bits per heavy atom. The molecule has 2 aromatic heterocycles. The highest BCUT2D eigenvalue weighted by molar-refractivity contribution is 5.84. The molecule has 0 aromatic carbocycles. The van der Waals surface area contributed by atoms with Crippen LogP contribution in [0.4, 0.5) is 10.2 Å². The van der Waals surface area contributed by atoms with Crippen LogP contribution < -0.4 is 10.6 Å². The molecule has 0 radical (unpaired) electrons. The van der Waals surface area contributed by atoms with Crippen LogP contribution in [0.5, 0.6) is 0 Å². The Morgan fingerprint density at radius 1 is 1.24 bits per heavy atom. The lowest BCUT2D eigenvalue weighted by Crippen LogP contribution is -2.45. The van der Waals surface area contributed by atoms with Crippen molar-refractivity contribution < 1.29 is 23.8 Å². The largest absolute Gasteiger partial charge is 0.480 e. The standard InChI is InChI=1S/C26H37FN6O4/c1-37-22(16-27)17-33(13-3-2-6-20-8-7-19-5-4-11-29-25(19)31-20)14-10-23(26(35)36)32-24(34)15-21-9-12-28-18-30-21/h7-9,12,18,22-23H,2-6,10-11,13-17H2,1H3,(H,29,31)(H,32,34)(H,35,36). The highest BCUT2D eigenvalue weighted by atomic mass is 19.1. The van der Waals surface area contributed by atoms with Gasteiger partial charge >= 0.3 is 5.97 Å². The van der Waals surface area contributed by atoms with Crippen molar-refractivity contribution in [3.8, 4) is 0 Å². The zero-order chi connectivity index (χ0) is 26.5. The fraction of sp³-hybridized carbons (Fsp3) is 0.577. The summed E-state index contributed by atoms with van der Waals surface area (Å²) in [5.41, 5.74) is 2.80. The third-order valence-electron chi connectivity index (χ3n) is 6.43. The molecular formula is C26H37FN6O4. The molecule has 3 rings (SSSR count).